The SMILES string of the molecule is CC(C(=O)Nc1ccc(NC(=O)[C@@H]2CCC[C@@H]2CN)cc1)n1cncn1. The van der Waals surface area contributed by atoms with E-state index in [2.05, 4.69) is 20.7 Å². The number of benzene rings is 1. The first-order chi connectivity index (χ1) is 12.6. The van der Waals surface area contributed by atoms with E-state index in [9.17, 15) is 9.59 Å². The van der Waals surface area contributed by atoms with Gasteiger partial charge in [-0.05, 0) is 56.5 Å². The van der Waals surface area contributed by atoms with E-state index in [4.69, 9.17) is 5.73 Å². The van der Waals surface area contributed by atoms with Crippen LogP contribution in [-0.4, -0.2) is 33.1 Å². The molecule has 0 spiro atoms. The van der Waals surface area contributed by atoms with E-state index >= 15 is 0 Å². The highest BCUT2D eigenvalue weighted by Crippen LogP contribution is 2.32. The highest BCUT2D eigenvalue weighted by Gasteiger charge is 2.31. The molecule has 3 atom stereocenters. The number of hydrogen-bond donors (Lipinski definition) is 3. The molecule has 0 bridgehead atoms. The molecule has 1 aromatic heterocycles. The number of amides is 2. The number of anilines is 2. The Morgan fingerprint density at radius 2 is 1.92 bits per heavy atom. The van der Waals surface area contributed by atoms with Gasteiger partial charge in [-0.1, -0.05) is 6.42 Å². The molecule has 0 radical (unpaired) electrons. The zero-order valence-corrected chi connectivity index (χ0v) is 14.8. The summed E-state index contributed by atoms with van der Waals surface area (Å²) in [6.07, 6.45) is 5.85. The highest BCUT2D eigenvalue weighted by atomic mass is 16.2. The molecule has 8 nitrogen and oxygen atoms in total. The van der Waals surface area contributed by atoms with Gasteiger partial charge in [0.1, 0.15) is 18.7 Å². The van der Waals surface area contributed by atoms with Crippen molar-refractivity contribution >= 4 is 23.2 Å². The minimum absolute atomic E-state index is 0.0112. The summed E-state index contributed by atoms with van der Waals surface area (Å²) in [5.74, 6) is 0.0910. The summed E-state index contributed by atoms with van der Waals surface area (Å²) in [7, 11) is 0. The Hall–Kier alpha value is -2.74. The average molecular weight is 356 g/mol. The quantitative estimate of drug-likeness (QED) is 0.730. The molecule has 1 aliphatic rings. The Bertz CT molecular complexity index is 744. The van der Waals surface area contributed by atoms with Crippen LogP contribution in [0.2, 0.25) is 0 Å². The lowest BCUT2D eigenvalue weighted by Crippen LogP contribution is -2.29. The summed E-state index contributed by atoms with van der Waals surface area (Å²) in [4.78, 5) is 28.5. The number of carbonyl (C=O) groups excluding carboxylic acids is 2. The summed E-state index contributed by atoms with van der Waals surface area (Å²) in [5.41, 5.74) is 7.11. The van der Waals surface area contributed by atoms with Crippen LogP contribution >= 0.6 is 0 Å². The molecule has 1 aromatic carbocycles. The molecule has 0 saturated heterocycles. The van der Waals surface area contributed by atoms with Crippen LogP contribution in [0.1, 0.15) is 32.2 Å². The summed E-state index contributed by atoms with van der Waals surface area (Å²) in [6, 6.07) is 6.61. The van der Waals surface area contributed by atoms with E-state index in [-0.39, 0.29) is 23.7 Å². The lowest BCUT2D eigenvalue weighted by atomic mass is 9.95. The number of nitrogens with two attached hydrogens (primary N) is 1. The van der Waals surface area contributed by atoms with Crippen molar-refractivity contribution in [2.24, 2.45) is 17.6 Å². The van der Waals surface area contributed by atoms with Crippen molar-refractivity contribution in [3.63, 3.8) is 0 Å². The van der Waals surface area contributed by atoms with Gasteiger partial charge in [0.05, 0.1) is 0 Å². The maximum atomic E-state index is 12.4. The molecule has 2 aromatic rings. The number of rotatable bonds is 6. The second-order valence-corrected chi connectivity index (χ2v) is 6.64. The van der Waals surface area contributed by atoms with Crippen molar-refractivity contribution in [1.29, 1.82) is 0 Å². The monoisotopic (exact) mass is 356 g/mol. The van der Waals surface area contributed by atoms with Gasteiger partial charge in [0.15, 0.2) is 0 Å². The lowest BCUT2D eigenvalue weighted by Gasteiger charge is -2.17. The van der Waals surface area contributed by atoms with Crippen LogP contribution in [0.15, 0.2) is 36.9 Å². The van der Waals surface area contributed by atoms with Gasteiger partial charge < -0.3 is 16.4 Å². The van der Waals surface area contributed by atoms with Gasteiger partial charge in [-0.25, -0.2) is 9.67 Å². The first-order valence-corrected chi connectivity index (χ1v) is 8.84. The number of nitrogens with zero attached hydrogens (tertiary/aromatic N) is 3. The number of nitrogens with one attached hydrogen (secondary N) is 2. The molecule has 3 rings (SSSR count). The minimum atomic E-state index is -0.465. The van der Waals surface area contributed by atoms with Crippen molar-refractivity contribution in [2.45, 2.75) is 32.2 Å². The third-order valence-electron chi connectivity index (χ3n) is 4.93. The van der Waals surface area contributed by atoms with Crippen LogP contribution < -0.4 is 16.4 Å². The first kappa shape index (κ1) is 18.1. The van der Waals surface area contributed by atoms with Crippen molar-refractivity contribution in [1.82, 2.24) is 14.8 Å². The predicted octanol–water partition coefficient (Wildman–Crippen LogP) is 1.79. The molecule has 1 unspecified atom stereocenters. The van der Waals surface area contributed by atoms with Crippen molar-refractivity contribution in [3.05, 3.63) is 36.9 Å². The maximum absolute atomic E-state index is 12.4. The van der Waals surface area contributed by atoms with Gasteiger partial charge in [-0.15, -0.1) is 0 Å². The van der Waals surface area contributed by atoms with E-state index < -0.39 is 6.04 Å². The number of hydrogen-bond acceptors (Lipinski definition) is 5. The fraction of sp³-hybridized carbons (Fsp3) is 0.444. The summed E-state index contributed by atoms with van der Waals surface area (Å²) in [6.45, 7) is 2.29. The van der Waals surface area contributed by atoms with Crippen LogP contribution in [0.3, 0.4) is 0 Å². The molecule has 138 valence electrons. The molecule has 0 aliphatic heterocycles. The zero-order chi connectivity index (χ0) is 18.5. The Morgan fingerprint density at radius 1 is 1.23 bits per heavy atom. The van der Waals surface area contributed by atoms with Crippen LogP contribution in [0.4, 0.5) is 11.4 Å². The normalized spacial score (nSPS) is 20.5. The van der Waals surface area contributed by atoms with Gasteiger partial charge in [0, 0.05) is 17.3 Å². The second-order valence-electron chi connectivity index (χ2n) is 6.64. The van der Waals surface area contributed by atoms with Gasteiger partial charge in [-0.2, -0.15) is 5.10 Å². The van der Waals surface area contributed by atoms with Crippen LogP contribution in [0.5, 0.6) is 0 Å². The third-order valence-corrected chi connectivity index (χ3v) is 4.93. The van der Waals surface area contributed by atoms with Crippen LogP contribution in [0.25, 0.3) is 0 Å². The largest absolute Gasteiger partial charge is 0.330 e. The molecular weight excluding hydrogens is 332 g/mol. The minimum Gasteiger partial charge on any atom is -0.330 e. The van der Waals surface area contributed by atoms with Crippen LogP contribution in [-0.2, 0) is 9.59 Å². The average Bonchev–Trinajstić information content (AvgIpc) is 3.34. The van der Waals surface area contributed by atoms with Gasteiger partial charge >= 0.3 is 0 Å². The van der Waals surface area contributed by atoms with Gasteiger partial charge in [-0.3, -0.25) is 9.59 Å². The van der Waals surface area contributed by atoms with Gasteiger partial charge in [0.2, 0.25) is 11.8 Å². The van der Waals surface area contributed by atoms with Crippen molar-refractivity contribution in [2.75, 3.05) is 17.2 Å². The maximum Gasteiger partial charge on any atom is 0.249 e. The summed E-state index contributed by atoms with van der Waals surface area (Å²) in [5, 5.41) is 9.73. The number of carbonyl (C=O) groups is 2. The first-order valence-electron chi connectivity index (χ1n) is 8.84. The fourth-order valence-corrected chi connectivity index (χ4v) is 3.32. The molecule has 26 heavy (non-hydrogen) atoms. The van der Waals surface area contributed by atoms with E-state index in [0.29, 0.717) is 17.9 Å². The van der Waals surface area contributed by atoms with E-state index in [1.54, 1.807) is 31.2 Å². The zero-order valence-electron chi connectivity index (χ0n) is 14.8. The Balaban J connectivity index is 1.56. The summed E-state index contributed by atoms with van der Waals surface area (Å²) >= 11 is 0. The molecule has 8 heteroatoms. The predicted molar refractivity (Wildman–Crippen MR) is 98.3 cm³/mol. The van der Waals surface area contributed by atoms with E-state index in [1.165, 1.54) is 17.3 Å². The molecule has 4 N–H and O–H groups in total. The van der Waals surface area contributed by atoms with E-state index in [0.717, 1.165) is 19.3 Å². The Kier molecular flexibility index (Phi) is 5.62. The Morgan fingerprint density at radius 3 is 2.54 bits per heavy atom. The summed E-state index contributed by atoms with van der Waals surface area (Å²) < 4.78 is 1.49. The molecule has 1 fully saturated rings. The third kappa shape index (κ3) is 4.08. The molecule has 1 saturated carbocycles. The molecular formula is C18H24N6O2. The Labute approximate surface area is 152 Å². The molecule has 1 aliphatic carbocycles. The molecule has 2 amide bonds. The topological polar surface area (TPSA) is 115 Å². The fourth-order valence-electron chi connectivity index (χ4n) is 3.32. The molecule has 1 heterocycles. The van der Waals surface area contributed by atoms with Crippen LogP contribution in [0, 0.1) is 11.8 Å². The standard InChI is InChI=1S/C18H24N6O2/c1-12(24-11-20-10-21-24)17(25)22-14-5-7-15(8-6-14)23-18(26)16-4-2-3-13(16)9-19/h5-8,10-13,16H,2-4,9,19H2,1H3,(H,22,25)(H,23,26)/t12?,13-,16-/m1/s1. The van der Waals surface area contributed by atoms with Crippen molar-refractivity contribution in [3.8, 4) is 0 Å². The smallest absolute Gasteiger partial charge is 0.249 e. The second kappa shape index (κ2) is 8.09. The van der Waals surface area contributed by atoms with Crippen molar-refractivity contribution < 1.29 is 9.59 Å². The lowest BCUT2D eigenvalue weighted by molar-refractivity contribution is -0.121. The highest BCUT2D eigenvalue weighted by molar-refractivity contribution is 5.95. The number of aromatic nitrogens is 3. The van der Waals surface area contributed by atoms with Gasteiger partial charge in [0.25, 0.3) is 0 Å². The van der Waals surface area contributed by atoms with E-state index in [1.807, 2.05) is 0 Å².